The Morgan fingerprint density at radius 1 is 1.12 bits per heavy atom. The highest BCUT2D eigenvalue weighted by Crippen LogP contribution is 2.39. The molecule has 0 fully saturated rings. The topological polar surface area (TPSA) is 78.9 Å². The second-order valence-corrected chi connectivity index (χ2v) is 5.50. The highest BCUT2D eigenvalue weighted by Gasteiger charge is 2.42. The van der Waals surface area contributed by atoms with Gasteiger partial charge in [0.15, 0.2) is 11.4 Å². The van der Waals surface area contributed by atoms with Crippen LogP contribution < -0.4 is 0 Å². The van der Waals surface area contributed by atoms with E-state index in [2.05, 4.69) is 5.10 Å². The van der Waals surface area contributed by atoms with Crippen molar-refractivity contribution in [1.29, 1.82) is 5.26 Å². The summed E-state index contributed by atoms with van der Waals surface area (Å²) in [7, 11) is 0. The number of benzene rings is 1. The molecule has 0 unspecified atom stereocenters. The van der Waals surface area contributed by atoms with E-state index in [1.807, 2.05) is 0 Å². The minimum Gasteiger partial charge on any atom is -0.476 e. The Morgan fingerprint density at radius 3 is 1.96 bits per heavy atom. The number of carboxylic acids is 1. The molecule has 13 heteroatoms. The fourth-order valence-electron chi connectivity index (χ4n) is 2.01. The average molecular weight is 418 g/mol. The summed E-state index contributed by atoms with van der Waals surface area (Å²) in [4.78, 5) is 11.3. The number of aromatic nitrogens is 2. The maximum Gasteiger partial charge on any atom is 0.436 e. The summed E-state index contributed by atoms with van der Waals surface area (Å²) in [6.07, 6.45) is -10.1. The van der Waals surface area contributed by atoms with Crippen molar-refractivity contribution in [3.8, 4) is 11.8 Å². The zero-order valence-corrected chi connectivity index (χ0v) is 13.4. The fraction of sp³-hybridized carbons (Fsp3) is 0.154. The molecule has 0 spiro atoms. The molecule has 0 atom stereocenters. The minimum absolute atomic E-state index is 0.0779. The van der Waals surface area contributed by atoms with Crippen LogP contribution in [0.5, 0.6) is 0 Å². The van der Waals surface area contributed by atoms with Gasteiger partial charge in [-0.2, -0.15) is 36.7 Å². The molecule has 1 N–H and O–H groups in total. The molecule has 5 nitrogen and oxygen atoms in total. The van der Waals surface area contributed by atoms with Gasteiger partial charge in [0.1, 0.15) is 17.3 Å². The normalized spacial score (nSPS) is 12.1. The molecule has 0 bridgehead atoms. The summed E-state index contributed by atoms with van der Waals surface area (Å²) in [5.41, 5.74) is -6.48. The Balaban J connectivity index is 2.88. The summed E-state index contributed by atoms with van der Waals surface area (Å²) in [6.45, 7) is 0. The van der Waals surface area contributed by atoms with Crippen LogP contribution in [-0.2, 0) is 12.4 Å². The van der Waals surface area contributed by atoms with E-state index >= 15 is 0 Å². The highest BCUT2D eigenvalue weighted by atomic mass is 35.5. The molecule has 26 heavy (non-hydrogen) atoms. The molecule has 0 radical (unpaired) electrons. The molecule has 0 saturated heterocycles. The number of aromatic carboxylic acids is 1. The quantitative estimate of drug-likeness (QED) is 0.712. The van der Waals surface area contributed by atoms with Crippen molar-refractivity contribution < 1.29 is 36.2 Å². The maximum absolute atomic E-state index is 13.0. The Labute approximate surface area is 150 Å². The van der Waals surface area contributed by atoms with Crippen molar-refractivity contribution in [2.24, 2.45) is 0 Å². The number of hydrogen-bond acceptors (Lipinski definition) is 3. The van der Waals surface area contributed by atoms with Gasteiger partial charge in [0, 0.05) is 0 Å². The van der Waals surface area contributed by atoms with Crippen molar-refractivity contribution in [3.05, 3.63) is 44.7 Å². The van der Waals surface area contributed by atoms with E-state index in [1.54, 1.807) is 0 Å². The summed E-state index contributed by atoms with van der Waals surface area (Å²) in [6, 6.07) is 1.75. The van der Waals surface area contributed by atoms with Gasteiger partial charge in [-0.1, -0.05) is 23.2 Å². The number of carbonyl (C=O) groups is 1. The van der Waals surface area contributed by atoms with Crippen molar-refractivity contribution in [2.45, 2.75) is 12.4 Å². The average Bonchev–Trinajstić information content (AvgIpc) is 2.84. The van der Waals surface area contributed by atoms with Gasteiger partial charge in [0.05, 0.1) is 15.6 Å². The Hall–Kier alpha value is -2.45. The monoisotopic (exact) mass is 417 g/mol. The molecule has 2 rings (SSSR count). The van der Waals surface area contributed by atoms with E-state index in [1.165, 1.54) is 0 Å². The van der Waals surface area contributed by atoms with Gasteiger partial charge in [-0.15, -0.1) is 0 Å². The largest absolute Gasteiger partial charge is 0.476 e. The molecular weight excluding hydrogens is 415 g/mol. The zero-order valence-electron chi connectivity index (χ0n) is 11.9. The van der Waals surface area contributed by atoms with Crippen LogP contribution in [-0.4, -0.2) is 20.9 Å². The SMILES string of the molecule is N#Cc1c(C(F)(F)F)nn(-c2c(Cl)cc(C(F)(F)F)cc2Cl)c1C(=O)O. The van der Waals surface area contributed by atoms with Gasteiger partial charge in [-0.3, -0.25) is 0 Å². The third-order valence-corrected chi connectivity index (χ3v) is 3.60. The third kappa shape index (κ3) is 3.42. The zero-order chi connectivity index (χ0) is 20.0. The van der Waals surface area contributed by atoms with E-state index < -0.39 is 56.6 Å². The molecule has 0 aliphatic heterocycles. The molecule has 0 amide bonds. The lowest BCUT2D eigenvalue weighted by Gasteiger charge is -2.13. The third-order valence-electron chi connectivity index (χ3n) is 3.02. The number of rotatable bonds is 2. The number of nitriles is 1. The summed E-state index contributed by atoms with van der Waals surface area (Å²) < 4.78 is 77.3. The van der Waals surface area contributed by atoms with Crippen LogP contribution in [0.1, 0.15) is 27.3 Å². The lowest BCUT2D eigenvalue weighted by Crippen LogP contribution is -2.12. The van der Waals surface area contributed by atoms with Gasteiger partial charge in [-0.05, 0) is 12.1 Å². The standard InChI is InChI=1S/C13H3Cl2F6N3O2/c14-6-1-4(12(16,17)18)2-7(15)9(6)24-8(11(25)26)5(3-22)10(23-24)13(19,20)21/h1-2H,(H,25,26). The van der Waals surface area contributed by atoms with E-state index in [-0.39, 0.29) is 4.68 Å². The van der Waals surface area contributed by atoms with Gasteiger partial charge < -0.3 is 5.11 Å². The second kappa shape index (κ2) is 6.37. The predicted molar refractivity (Wildman–Crippen MR) is 75.3 cm³/mol. The molecule has 1 aromatic carbocycles. The molecule has 1 heterocycles. The van der Waals surface area contributed by atoms with E-state index in [9.17, 15) is 31.1 Å². The first-order valence-electron chi connectivity index (χ1n) is 6.19. The van der Waals surface area contributed by atoms with Gasteiger partial charge in [-0.25, -0.2) is 9.48 Å². The van der Waals surface area contributed by atoms with Crippen LogP contribution in [0.2, 0.25) is 10.0 Å². The number of alkyl halides is 6. The Morgan fingerprint density at radius 2 is 1.62 bits per heavy atom. The van der Waals surface area contributed by atoms with Crippen LogP contribution in [0.15, 0.2) is 12.1 Å². The first kappa shape index (κ1) is 19.9. The molecule has 2 aromatic rings. The molecule has 0 saturated carbocycles. The Kier molecular flexibility index (Phi) is 4.87. The maximum atomic E-state index is 13.0. The first-order chi connectivity index (χ1) is 11.8. The van der Waals surface area contributed by atoms with Crippen molar-refractivity contribution in [1.82, 2.24) is 9.78 Å². The van der Waals surface area contributed by atoms with Crippen LogP contribution in [0.4, 0.5) is 26.3 Å². The van der Waals surface area contributed by atoms with Crippen molar-refractivity contribution in [2.75, 3.05) is 0 Å². The number of hydrogen-bond donors (Lipinski definition) is 1. The molecular formula is C13H3Cl2F6N3O2. The van der Waals surface area contributed by atoms with Crippen LogP contribution in [0.25, 0.3) is 5.69 Å². The molecule has 138 valence electrons. The van der Waals surface area contributed by atoms with Gasteiger partial charge >= 0.3 is 18.3 Å². The number of carboxylic acid groups (broad SMARTS) is 1. The second-order valence-electron chi connectivity index (χ2n) is 4.68. The van der Waals surface area contributed by atoms with E-state index in [0.717, 1.165) is 6.07 Å². The minimum atomic E-state index is -5.20. The van der Waals surface area contributed by atoms with Crippen LogP contribution in [0, 0.1) is 11.3 Å². The van der Waals surface area contributed by atoms with Crippen LogP contribution in [0.3, 0.4) is 0 Å². The fourth-order valence-corrected chi connectivity index (χ4v) is 2.66. The molecule has 1 aromatic heterocycles. The predicted octanol–water partition coefficient (Wildman–Crippen LogP) is 4.79. The molecule has 0 aliphatic rings. The smallest absolute Gasteiger partial charge is 0.436 e. The lowest BCUT2D eigenvalue weighted by atomic mass is 10.1. The number of halogens is 8. The van der Waals surface area contributed by atoms with Gasteiger partial charge in [0.2, 0.25) is 0 Å². The lowest BCUT2D eigenvalue weighted by molar-refractivity contribution is -0.141. The summed E-state index contributed by atoms with van der Waals surface area (Å²) in [5.74, 6) is -1.99. The van der Waals surface area contributed by atoms with Crippen molar-refractivity contribution >= 4 is 29.2 Å². The first-order valence-corrected chi connectivity index (χ1v) is 6.94. The van der Waals surface area contributed by atoms with E-state index in [0.29, 0.717) is 12.1 Å². The van der Waals surface area contributed by atoms with Crippen molar-refractivity contribution in [3.63, 3.8) is 0 Å². The summed E-state index contributed by atoms with van der Waals surface area (Å²) >= 11 is 11.3. The summed E-state index contributed by atoms with van der Waals surface area (Å²) in [5, 5.41) is 19.4. The van der Waals surface area contributed by atoms with E-state index in [4.69, 9.17) is 33.6 Å². The number of nitrogens with zero attached hydrogens (tertiary/aromatic N) is 3. The van der Waals surface area contributed by atoms with Crippen LogP contribution >= 0.6 is 23.2 Å². The Bertz CT molecular complexity index is 920. The molecule has 0 aliphatic carbocycles. The highest BCUT2D eigenvalue weighted by molar-refractivity contribution is 6.38. The van der Waals surface area contributed by atoms with Gasteiger partial charge in [0.25, 0.3) is 0 Å².